The van der Waals surface area contributed by atoms with Crippen molar-refractivity contribution in [1.82, 2.24) is 24.6 Å². The van der Waals surface area contributed by atoms with Crippen molar-refractivity contribution in [1.29, 1.82) is 0 Å². The third-order valence-corrected chi connectivity index (χ3v) is 5.15. The fraction of sp³-hybridized carbons (Fsp3) is 0.294. The molecule has 0 aliphatic carbocycles. The average molecular weight is 339 g/mol. The summed E-state index contributed by atoms with van der Waals surface area (Å²) in [4.78, 5) is 22.6. The Hall–Kier alpha value is -2.41. The number of carbonyl (C=O) groups excluding carboxylic acids is 1. The van der Waals surface area contributed by atoms with Gasteiger partial charge in [-0.05, 0) is 25.0 Å². The second-order valence-corrected chi connectivity index (χ2v) is 6.63. The lowest BCUT2D eigenvalue weighted by Crippen LogP contribution is -2.34. The molecule has 6 nitrogen and oxygen atoms in total. The van der Waals surface area contributed by atoms with Gasteiger partial charge < -0.3 is 4.90 Å². The first-order chi connectivity index (χ1) is 11.8. The van der Waals surface area contributed by atoms with E-state index in [1.54, 1.807) is 24.3 Å². The maximum Gasteiger partial charge on any atom is 0.223 e. The summed E-state index contributed by atoms with van der Waals surface area (Å²) in [5.74, 6) is 0.862. The standard InChI is InChI=1S/C17H17N5OS/c23-15-8-4-5-9-21(15)12-24-17-14-10-20-22(16(14)18-11-19-17)13-6-2-1-3-7-13/h1-3,6-7,10-11H,4-5,8-9,12H2. The third-order valence-electron chi connectivity index (χ3n) is 4.11. The molecule has 1 saturated heterocycles. The lowest BCUT2D eigenvalue weighted by Gasteiger charge is -2.25. The molecular formula is C17H17N5OS. The van der Waals surface area contributed by atoms with Crippen LogP contribution in [0, 0.1) is 0 Å². The third kappa shape index (κ3) is 2.87. The molecule has 1 aliphatic rings. The van der Waals surface area contributed by atoms with E-state index in [1.165, 1.54) is 0 Å². The van der Waals surface area contributed by atoms with Gasteiger partial charge in [-0.3, -0.25) is 4.79 Å². The largest absolute Gasteiger partial charge is 0.333 e. The number of hydrogen-bond donors (Lipinski definition) is 0. The van der Waals surface area contributed by atoms with E-state index in [1.807, 2.05) is 39.9 Å². The van der Waals surface area contributed by atoms with E-state index >= 15 is 0 Å². The first-order valence-electron chi connectivity index (χ1n) is 7.97. The van der Waals surface area contributed by atoms with Crippen LogP contribution in [0.25, 0.3) is 16.7 Å². The monoisotopic (exact) mass is 339 g/mol. The predicted octanol–water partition coefficient (Wildman–Crippen LogP) is 2.88. The van der Waals surface area contributed by atoms with Gasteiger partial charge in [0.2, 0.25) is 5.91 Å². The first-order valence-corrected chi connectivity index (χ1v) is 8.96. The highest BCUT2D eigenvalue weighted by Crippen LogP contribution is 2.27. The summed E-state index contributed by atoms with van der Waals surface area (Å²) in [6, 6.07) is 9.91. The maximum atomic E-state index is 11.9. The van der Waals surface area contributed by atoms with Crippen LogP contribution in [0.4, 0.5) is 0 Å². The highest BCUT2D eigenvalue weighted by atomic mass is 32.2. The number of piperidine rings is 1. The van der Waals surface area contributed by atoms with Crippen LogP contribution in [0.1, 0.15) is 19.3 Å². The van der Waals surface area contributed by atoms with Crippen LogP contribution in [0.15, 0.2) is 47.9 Å². The first kappa shape index (κ1) is 15.1. The van der Waals surface area contributed by atoms with Crippen molar-refractivity contribution in [2.45, 2.75) is 24.3 Å². The molecule has 0 unspecified atom stereocenters. The molecule has 1 fully saturated rings. The SMILES string of the molecule is O=C1CCCCN1CSc1ncnc2c1cnn2-c1ccccc1. The van der Waals surface area contributed by atoms with E-state index in [0.717, 1.165) is 41.1 Å². The van der Waals surface area contributed by atoms with Crippen LogP contribution in [0.5, 0.6) is 0 Å². The van der Waals surface area contributed by atoms with E-state index in [2.05, 4.69) is 15.1 Å². The minimum Gasteiger partial charge on any atom is -0.333 e. The number of thioether (sulfide) groups is 1. The number of amides is 1. The Kier molecular flexibility index (Phi) is 4.17. The van der Waals surface area contributed by atoms with E-state index in [0.29, 0.717) is 12.3 Å². The van der Waals surface area contributed by atoms with Crippen LogP contribution in [0.2, 0.25) is 0 Å². The zero-order chi connectivity index (χ0) is 16.4. The lowest BCUT2D eigenvalue weighted by atomic mass is 10.1. The normalized spacial score (nSPS) is 15.2. The van der Waals surface area contributed by atoms with Gasteiger partial charge in [-0.15, -0.1) is 0 Å². The summed E-state index contributed by atoms with van der Waals surface area (Å²) in [6.45, 7) is 0.837. The highest BCUT2D eigenvalue weighted by Gasteiger charge is 2.19. The Morgan fingerprint density at radius 2 is 2.00 bits per heavy atom. The van der Waals surface area contributed by atoms with Crippen LogP contribution in [-0.2, 0) is 4.79 Å². The molecule has 3 aromatic rings. The van der Waals surface area contributed by atoms with Gasteiger partial charge in [-0.1, -0.05) is 30.0 Å². The number of nitrogens with zero attached hydrogens (tertiary/aromatic N) is 5. The average Bonchev–Trinajstić information content (AvgIpc) is 3.06. The molecule has 0 atom stereocenters. The summed E-state index contributed by atoms with van der Waals surface area (Å²) in [5.41, 5.74) is 1.75. The van der Waals surface area contributed by atoms with Crippen molar-refractivity contribution in [2.75, 3.05) is 12.4 Å². The summed E-state index contributed by atoms with van der Waals surface area (Å²) >= 11 is 1.57. The zero-order valence-electron chi connectivity index (χ0n) is 13.1. The van der Waals surface area contributed by atoms with Gasteiger partial charge >= 0.3 is 0 Å². The maximum absolute atomic E-state index is 11.9. The Balaban J connectivity index is 1.60. The Morgan fingerprint density at radius 1 is 1.12 bits per heavy atom. The number of rotatable bonds is 4. The van der Waals surface area contributed by atoms with Crippen LogP contribution < -0.4 is 0 Å². The molecule has 0 radical (unpaired) electrons. The summed E-state index contributed by atoms with van der Waals surface area (Å²) in [7, 11) is 0. The molecule has 0 N–H and O–H groups in total. The zero-order valence-corrected chi connectivity index (χ0v) is 13.9. The number of carbonyl (C=O) groups is 1. The molecule has 0 saturated carbocycles. The molecule has 4 rings (SSSR count). The fourth-order valence-corrected chi connectivity index (χ4v) is 3.81. The smallest absolute Gasteiger partial charge is 0.223 e. The van der Waals surface area contributed by atoms with Crippen molar-refractivity contribution in [3.05, 3.63) is 42.9 Å². The highest BCUT2D eigenvalue weighted by molar-refractivity contribution is 7.99. The second-order valence-electron chi connectivity index (χ2n) is 5.70. The Morgan fingerprint density at radius 3 is 2.83 bits per heavy atom. The van der Waals surface area contributed by atoms with Crippen LogP contribution in [-0.4, -0.2) is 43.0 Å². The molecule has 0 spiro atoms. The molecule has 1 amide bonds. The van der Waals surface area contributed by atoms with Gasteiger partial charge in [0.25, 0.3) is 0 Å². The summed E-state index contributed by atoms with van der Waals surface area (Å²) < 4.78 is 1.81. The molecule has 2 aromatic heterocycles. The number of hydrogen-bond acceptors (Lipinski definition) is 5. The van der Waals surface area contributed by atoms with Gasteiger partial charge in [0, 0.05) is 13.0 Å². The van der Waals surface area contributed by atoms with Crippen LogP contribution >= 0.6 is 11.8 Å². The Labute approximate surface area is 143 Å². The van der Waals surface area contributed by atoms with E-state index in [4.69, 9.17) is 0 Å². The molecular weight excluding hydrogens is 322 g/mol. The van der Waals surface area contributed by atoms with E-state index < -0.39 is 0 Å². The van der Waals surface area contributed by atoms with Gasteiger partial charge in [0.15, 0.2) is 5.65 Å². The molecule has 1 aromatic carbocycles. The van der Waals surface area contributed by atoms with Crippen molar-refractivity contribution < 1.29 is 4.79 Å². The van der Waals surface area contributed by atoms with Gasteiger partial charge in [0.1, 0.15) is 11.4 Å². The molecule has 0 bridgehead atoms. The number of likely N-dealkylation sites (tertiary alicyclic amines) is 1. The van der Waals surface area contributed by atoms with Crippen molar-refractivity contribution in [3.8, 4) is 5.69 Å². The number of benzene rings is 1. The van der Waals surface area contributed by atoms with E-state index in [9.17, 15) is 4.79 Å². The van der Waals surface area contributed by atoms with Crippen molar-refractivity contribution in [3.63, 3.8) is 0 Å². The quantitative estimate of drug-likeness (QED) is 0.540. The second kappa shape index (κ2) is 6.60. The van der Waals surface area contributed by atoms with Crippen LogP contribution in [0.3, 0.4) is 0 Å². The summed E-state index contributed by atoms with van der Waals surface area (Å²) in [5, 5.41) is 6.23. The number of para-hydroxylation sites is 1. The fourth-order valence-electron chi connectivity index (χ4n) is 2.83. The van der Waals surface area contributed by atoms with Gasteiger partial charge in [-0.2, -0.15) is 5.10 Å². The Bertz CT molecular complexity index is 864. The lowest BCUT2D eigenvalue weighted by molar-refractivity contribution is -0.132. The van der Waals surface area contributed by atoms with Crippen molar-refractivity contribution >= 4 is 28.7 Å². The topological polar surface area (TPSA) is 63.9 Å². The minimum absolute atomic E-state index is 0.235. The minimum atomic E-state index is 0.235. The van der Waals surface area contributed by atoms with Gasteiger partial charge in [0.05, 0.1) is 23.1 Å². The molecule has 3 heterocycles. The molecule has 7 heteroatoms. The number of aromatic nitrogens is 4. The molecule has 1 aliphatic heterocycles. The number of fused-ring (bicyclic) bond motifs is 1. The molecule has 24 heavy (non-hydrogen) atoms. The van der Waals surface area contributed by atoms with Crippen molar-refractivity contribution in [2.24, 2.45) is 0 Å². The predicted molar refractivity (Wildman–Crippen MR) is 92.9 cm³/mol. The summed E-state index contributed by atoms with van der Waals surface area (Å²) in [6.07, 6.45) is 6.09. The van der Waals surface area contributed by atoms with Gasteiger partial charge in [-0.25, -0.2) is 14.6 Å². The van der Waals surface area contributed by atoms with E-state index in [-0.39, 0.29) is 5.91 Å². The molecule has 122 valence electrons.